The van der Waals surface area contributed by atoms with E-state index in [0.717, 1.165) is 17.2 Å². The molecule has 0 radical (unpaired) electrons. The largest absolute Gasteiger partial charge is 0.495 e. The van der Waals surface area contributed by atoms with Crippen LogP contribution in [-0.4, -0.2) is 33.5 Å². The summed E-state index contributed by atoms with van der Waals surface area (Å²) < 4.78 is 8.28. The highest BCUT2D eigenvalue weighted by Gasteiger charge is 2.16. The summed E-state index contributed by atoms with van der Waals surface area (Å²) in [6.45, 7) is 0.486. The first-order valence-electron chi connectivity index (χ1n) is 10.3. The second kappa shape index (κ2) is 11.6. The highest BCUT2D eigenvalue weighted by atomic mass is 127. The third kappa shape index (κ3) is 6.22. The minimum absolute atomic E-state index is 0.166. The summed E-state index contributed by atoms with van der Waals surface area (Å²) >= 11 is 9.74. The molecule has 1 aromatic heterocycles. The van der Waals surface area contributed by atoms with Gasteiger partial charge < -0.3 is 15.4 Å². The zero-order chi connectivity index (χ0) is 23.9. The molecule has 4 aromatic rings. The number of hydrogen-bond donors (Lipinski definition) is 2. The number of rotatable bonds is 9. The second-order valence-corrected chi connectivity index (χ2v) is 9.71. The van der Waals surface area contributed by atoms with Crippen molar-refractivity contribution in [3.63, 3.8) is 0 Å². The minimum atomic E-state index is -0.174. The monoisotopic (exact) mass is 605 g/mol. The summed E-state index contributed by atoms with van der Waals surface area (Å²) in [5.41, 5.74) is 2.52. The fourth-order valence-electron chi connectivity index (χ4n) is 3.16. The molecule has 0 atom stereocenters. The number of ether oxygens (including phenoxy) is 1. The summed E-state index contributed by atoms with van der Waals surface area (Å²) in [6.07, 6.45) is 0. The van der Waals surface area contributed by atoms with Crippen LogP contribution in [0.4, 0.5) is 11.4 Å². The number of nitrogens with one attached hydrogen (secondary N) is 2. The van der Waals surface area contributed by atoms with Gasteiger partial charge in [-0.1, -0.05) is 41.6 Å². The van der Waals surface area contributed by atoms with Gasteiger partial charge in [0.1, 0.15) is 5.75 Å². The number of aromatic nitrogens is 3. The van der Waals surface area contributed by atoms with Crippen molar-refractivity contribution in [2.45, 2.75) is 11.7 Å². The average Bonchev–Trinajstić information content (AvgIpc) is 3.26. The molecule has 1 heterocycles. The van der Waals surface area contributed by atoms with Gasteiger partial charge in [-0.3, -0.25) is 9.36 Å². The van der Waals surface area contributed by atoms with Crippen LogP contribution in [0.1, 0.15) is 5.82 Å². The van der Waals surface area contributed by atoms with Gasteiger partial charge in [-0.25, -0.2) is 0 Å². The molecule has 7 nitrogen and oxygen atoms in total. The Morgan fingerprint density at radius 2 is 1.79 bits per heavy atom. The Hall–Kier alpha value is -2.76. The van der Waals surface area contributed by atoms with E-state index in [-0.39, 0.29) is 11.7 Å². The van der Waals surface area contributed by atoms with Crippen LogP contribution in [0.15, 0.2) is 78.0 Å². The number of amides is 1. The molecule has 0 spiro atoms. The van der Waals surface area contributed by atoms with Crippen LogP contribution in [0.3, 0.4) is 0 Å². The highest BCUT2D eigenvalue weighted by molar-refractivity contribution is 14.1. The van der Waals surface area contributed by atoms with Crippen molar-refractivity contribution in [2.24, 2.45) is 0 Å². The number of benzene rings is 3. The number of halogens is 2. The maximum Gasteiger partial charge on any atom is 0.234 e. The molecule has 4 rings (SSSR count). The molecule has 0 fully saturated rings. The van der Waals surface area contributed by atoms with Gasteiger partial charge in [0.05, 0.1) is 24.4 Å². The smallest absolute Gasteiger partial charge is 0.234 e. The summed E-state index contributed by atoms with van der Waals surface area (Å²) in [5.74, 6) is 1.29. The van der Waals surface area contributed by atoms with Gasteiger partial charge in [-0.05, 0) is 77.2 Å². The fraction of sp³-hybridized carbons (Fsp3) is 0.125. The molecule has 0 aliphatic carbocycles. The number of para-hydroxylation sites is 1. The molecule has 0 saturated carbocycles. The Labute approximate surface area is 220 Å². The lowest BCUT2D eigenvalue weighted by Crippen LogP contribution is -2.15. The number of carbonyl (C=O) groups is 1. The molecular formula is C24H21ClIN5O2S. The van der Waals surface area contributed by atoms with Gasteiger partial charge in [0.2, 0.25) is 5.91 Å². The Morgan fingerprint density at radius 3 is 2.50 bits per heavy atom. The first-order chi connectivity index (χ1) is 16.5. The lowest BCUT2D eigenvalue weighted by molar-refractivity contribution is -0.113. The van der Waals surface area contributed by atoms with Crippen molar-refractivity contribution < 1.29 is 9.53 Å². The maximum atomic E-state index is 12.6. The molecule has 0 aliphatic rings. The molecule has 0 bridgehead atoms. The Balaban J connectivity index is 1.47. The zero-order valence-electron chi connectivity index (χ0n) is 18.2. The van der Waals surface area contributed by atoms with Gasteiger partial charge in [0, 0.05) is 20.6 Å². The number of thioether (sulfide) groups is 1. The first kappa shape index (κ1) is 24.4. The predicted molar refractivity (Wildman–Crippen MR) is 145 cm³/mol. The van der Waals surface area contributed by atoms with Gasteiger partial charge in [-0.15, -0.1) is 10.2 Å². The van der Waals surface area contributed by atoms with E-state index in [1.165, 1.54) is 15.3 Å². The van der Waals surface area contributed by atoms with Gasteiger partial charge in [-0.2, -0.15) is 0 Å². The number of carbonyl (C=O) groups excluding carboxylic acids is 1. The van der Waals surface area contributed by atoms with Gasteiger partial charge in [0.25, 0.3) is 0 Å². The number of anilines is 2. The molecule has 2 N–H and O–H groups in total. The summed E-state index contributed by atoms with van der Waals surface area (Å²) in [6, 6.07) is 23.1. The van der Waals surface area contributed by atoms with E-state index in [2.05, 4.69) is 43.4 Å². The van der Waals surface area contributed by atoms with Gasteiger partial charge in [0.15, 0.2) is 11.0 Å². The molecule has 1 amide bonds. The predicted octanol–water partition coefficient (Wildman–Crippen LogP) is 5.88. The molecule has 10 heteroatoms. The van der Waals surface area contributed by atoms with Crippen LogP contribution in [0.2, 0.25) is 5.02 Å². The van der Waals surface area contributed by atoms with Crippen LogP contribution < -0.4 is 15.4 Å². The Bertz CT molecular complexity index is 1270. The summed E-state index contributed by atoms with van der Waals surface area (Å²) in [4.78, 5) is 12.6. The van der Waals surface area contributed by atoms with Crippen molar-refractivity contribution in [3.05, 3.63) is 87.2 Å². The third-order valence-electron chi connectivity index (χ3n) is 4.78. The molecule has 174 valence electrons. The normalized spacial score (nSPS) is 10.7. The number of hydrogen-bond acceptors (Lipinski definition) is 6. The van der Waals surface area contributed by atoms with E-state index < -0.39 is 0 Å². The Morgan fingerprint density at radius 1 is 1.06 bits per heavy atom. The van der Waals surface area contributed by atoms with E-state index in [4.69, 9.17) is 16.3 Å². The van der Waals surface area contributed by atoms with Crippen LogP contribution in [0, 0.1) is 3.57 Å². The molecule has 0 unspecified atom stereocenters. The van der Waals surface area contributed by atoms with E-state index in [9.17, 15) is 4.79 Å². The van der Waals surface area contributed by atoms with Crippen LogP contribution in [-0.2, 0) is 11.3 Å². The van der Waals surface area contributed by atoms with Crippen molar-refractivity contribution in [2.75, 3.05) is 23.5 Å². The zero-order valence-corrected chi connectivity index (χ0v) is 21.9. The second-order valence-electron chi connectivity index (χ2n) is 7.12. The lowest BCUT2D eigenvalue weighted by atomic mass is 10.3. The van der Waals surface area contributed by atoms with Gasteiger partial charge >= 0.3 is 0 Å². The van der Waals surface area contributed by atoms with Crippen LogP contribution in [0.25, 0.3) is 5.69 Å². The topological polar surface area (TPSA) is 81.1 Å². The van der Waals surface area contributed by atoms with E-state index >= 15 is 0 Å². The van der Waals surface area contributed by atoms with Crippen molar-refractivity contribution >= 4 is 63.2 Å². The molecule has 0 aliphatic heterocycles. The summed E-state index contributed by atoms with van der Waals surface area (Å²) in [7, 11) is 1.54. The van der Waals surface area contributed by atoms with E-state index in [0.29, 0.717) is 28.2 Å². The SMILES string of the molecule is COc1ccc(NC(=O)CSc2nnc(CNc3ccc(I)cc3)n2-c2ccccc2)cc1Cl. The van der Waals surface area contributed by atoms with E-state index in [1.54, 1.807) is 25.3 Å². The van der Waals surface area contributed by atoms with Crippen molar-refractivity contribution in [1.29, 1.82) is 0 Å². The molecule has 3 aromatic carbocycles. The van der Waals surface area contributed by atoms with E-state index in [1.807, 2.05) is 59.2 Å². The minimum Gasteiger partial charge on any atom is -0.495 e. The quantitative estimate of drug-likeness (QED) is 0.183. The lowest BCUT2D eigenvalue weighted by Gasteiger charge is -2.12. The highest BCUT2D eigenvalue weighted by Crippen LogP contribution is 2.28. The Kier molecular flexibility index (Phi) is 8.30. The third-order valence-corrected chi connectivity index (χ3v) is 6.72. The fourth-order valence-corrected chi connectivity index (χ4v) is 4.55. The molecular weight excluding hydrogens is 585 g/mol. The number of methoxy groups -OCH3 is 1. The number of nitrogens with zero attached hydrogens (tertiary/aromatic N) is 3. The van der Waals surface area contributed by atoms with Crippen molar-refractivity contribution in [1.82, 2.24) is 14.8 Å². The average molecular weight is 606 g/mol. The van der Waals surface area contributed by atoms with Crippen molar-refractivity contribution in [3.8, 4) is 11.4 Å². The molecule has 0 saturated heterocycles. The summed E-state index contributed by atoms with van der Waals surface area (Å²) in [5, 5.41) is 16.0. The molecule has 34 heavy (non-hydrogen) atoms. The first-order valence-corrected chi connectivity index (χ1v) is 12.7. The standard InChI is InChI=1S/C24H21ClIN5O2S/c1-33-21-12-11-18(13-20(21)25)28-23(32)15-34-24-30-29-22(31(24)19-5-3-2-4-6-19)14-27-17-9-7-16(26)8-10-17/h2-13,27H,14-15H2,1H3,(H,28,32). The van der Waals surface area contributed by atoms with Crippen LogP contribution in [0.5, 0.6) is 5.75 Å². The maximum absolute atomic E-state index is 12.6. The van der Waals surface area contributed by atoms with Crippen LogP contribution >= 0.6 is 46.0 Å².